The Morgan fingerprint density at radius 3 is 2.49 bits per heavy atom. The first kappa shape index (κ1) is 24.1. The van der Waals surface area contributed by atoms with Crippen molar-refractivity contribution in [3.05, 3.63) is 95.7 Å². The smallest absolute Gasteiger partial charge is 0.220 e. The van der Waals surface area contributed by atoms with E-state index < -0.39 is 0 Å². The summed E-state index contributed by atoms with van der Waals surface area (Å²) in [6, 6.07) is 24.0. The lowest BCUT2D eigenvalue weighted by molar-refractivity contribution is -0.121. The number of nitrogens with one attached hydrogen (secondary N) is 1. The van der Waals surface area contributed by atoms with Gasteiger partial charge in [-0.2, -0.15) is 5.10 Å². The molecule has 0 aliphatic rings. The van der Waals surface area contributed by atoms with Gasteiger partial charge >= 0.3 is 0 Å². The number of carbonyl (C=O) groups is 1. The number of nitrogens with zero attached hydrogens (tertiary/aromatic N) is 2. The van der Waals surface area contributed by atoms with E-state index in [2.05, 4.69) is 36.5 Å². The zero-order chi connectivity index (χ0) is 24.6. The molecular formula is C29H31N3O3. The van der Waals surface area contributed by atoms with Crippen LogP contribution >= 0.6 is 0 Å². The second-order valence-corrected chi connectivity index (χ2v) is 8.34. The first-order valence-electron chi connectivity index (χ1n) is 11.8. The SMILES string of the molecule is CCOc1cc(CNC(=O)CCc2cn(-c3ccccc3)nc2-c2ccc(C)cc2)ccc1OC. The van der Waals surface area contributed by atoms with Crippen LogP contribution in [0, 0.1) is 6.92 Å². The van der Waals surface area contributed by atoms with Gasteiger partial charge in [-0.15, -0.1) is 0 Å². The molecule has 6 nitrogen and oxygen atoms in total. The van der Waals surface area contributed by atoms with Gasteiger partial charge in [0.2, 0.25) is 5.91 Å². The predicted octanol–water partition coefficient (Wildman–Crippen LogP) is 5.50. The normalized spacial score (nSPS) is 10.7. The number of carbonyl (C=O) groups excluding carboxylic acids is 1. The van der Waals surface area contributed by atoms with Crippen molar-refractivity contribution in [3.63, 3.8) is 0 Å². The van der Waals surface area contributed by atoms with Gasteiger partial charge in [-0.25, -0.2) is 4.68 Å². The predicted molar refractivity (Wildman–Crippen MR) is 138 cm³/mol. The van der Waals surface area contributed by atoms with Crippen molar-refractivity contribution in [2.75, 3.05) is 13.7 Å². The van der Waals surface area contributed by atoms with Crippen LogP contribution in [-0.2, 0) is 17.8 Å². The molecule has 0 spiro atoms. The Morgan fingerprint density at radius 1 is 1.00 bits per heavy atom. The molecule has 0 aliphatic carbocycles. The van der Waals surface area contributed by atoms with E-state index >= 15 is 0 Å². The summed E-state index contributed by atoms with van der Waals surface area (Å²) in [5.41, 5.74) is 6.13. The van der Waals surface area contributed by atoms with Crippen LogP contribution in [-0.4, -0.2) is 29.4 Å². The fourth-order valence-electron chi connectivity index (χ4n) is 3.90. The summed E-state index contributed by atoms with van der Waals surface area (Å²) in [5.74, 6) is 1.35. The quantitative estimate of drug-likeness (QED) is 0.333. The Hall–Kier alpha value is -4.06. The highest BCUT2D eigenvalue weighted by Gasteiger charge is 2.14. The molecule has 0 radical (unpaired) electrons. The maximum absolute atomic E-state index is 12.7. The zero-order valence-electron chi connectivity index (χ0n) is 20.5. The van der Waals surface area contributed by atoms with Crippen molar-refractivity contribution < 1.29 is 14.3 Å². The first-order chi connectivity index (χ1) is 17.1. The van der Waals surface area contributed by atoms with E-state index in [1.54, 1.807) is 7.11 Å². The van der Waals surface area contributed by atoms with Crippen LogP contribution in [0.3, 0.4) is 0 Å². The van der Waals surface area contributed by atoms with E-state index in [4.69, 9.17) is 14.6 Å². The van der Waals surface area contributed by atoms with Crippen LogP contribution in [0.2, 0.25) is 0 Å². The molecule has 1 heterocycles. The third-order valence-corrected chi connectivity index (χ3v) is 5.77. The van der Waals surface area contributed by atoms with E-state index in [-0.39, 0.29) is 5.91 Å². The highest BCUT2D eigenvalue weighted by molar-refractivity contribution is 5.76. The van der Waals surface area contributed by atoms with Crippen LogP contribution < -0.4 is 14.8 Å². The Kier molecular flexibility index (Phi) is 7.83. The summed E-state index contributed by atoms with van der Waals surface area (Å²) in [6.07, 6.45) is 2.98. The fraction of sp³-hybridized carbons (Fsp3) is 0.241. The lowest BCUT2D eigenvalue weighted by atomic mass is 10.0. The molecule has 0 saturated heterocycles. The second-order valence-electron chi connectivity index (χ2n) is 8.34. The maximum atomic E-state index is 12.7. The topological polar surface area (TPSA) is 65.4 Å². The number of rotatable bonds is 10. The Balaban J connectivity index is 1.46. The number of amides is 1. The molecule has 0 atom stereocenters. The van der Waals surface area contributed by atoms with Crippen LogP contribution in [0.25, 0.3) is 16.9 Å². The van der Waals surface area contributed by atoms with E-state index in [9.17, 15) is 4.79 Å². The van der Waals surface area contributed by atoms with Crippen molar-refractivity contribution in [2.24, 2.45) is 0 Å². The summed E-state index contributed by atoms with van der Waals surface area (Å²) in [6.45, 7) is 4.97. The van der Waals surface area contributed by atoms with Gasteiger partial charge < -0.3 is 14.8 Å². The Labute approximate surface area is 206 Å². The third kappa shape index (κ3) is 6.09. The molecule has 0 unspecified atom stereocenters. The van der Waals surface area contributed by atoms with E-state index in [1.807, 2.05) is 66.3 Å². The molecule has 0 aliphatic heterocycles. The average molecular weight is 470 g/mol. The van der Waals surface area contributed by atoms with Crippen molar-refractivity contribution >= 4 is 5.91 Å². The first-order valence-corrected chi connectivity index (χ1v) is 11.8. The molecule has 4 aromatic rings. The fourth-order valence-corrected chi connectivity index (χ4v) is 3.90. The lowest BCUT2D eigenvalue weighted by Crippen LogP contribution is -2.23. The molecule has 1 aromatic heterocycles. The minimum Gasteiger partial charge on any atom is -0.493 e. The van der Waals surface area contributed by atoms with Crippen LogP contribution in [0.5, 0.6) is 11.5 Å². The van der Waals surface area contributed by atoms with Gasteiger partial charge in [0, 0.05) is 24.7 Å². The van der Waals surface area contributed by atoms with Crippen molar-refractivity contribution in [1.29, 1.82) is 0 Å². The number of benzene rings is 3. The summed E-state index contributed by atoms with van der Waals surface area (Å²) in [4.78, 5) is 12.7. The summed E-state index contributed by atoms with van der Waals surface area (Å²) in [7, 11) is 1.62. The molecular weight excluding hydrogens is 438 g/mol. The van der Waals surface area contributed by atoms with Crippen LogP contribution in [0.4, 0.5) is 0 Å². The summed E-state index contributed by atoms with van der Waals surface area (Å²) < 4.78 is 12.9. The standard InChI is InChI=1S/C29H31N3O3/c1-4-35-27-18-22(12-16-26(27)34-3)19-30-28(33)17-15-24-20-32(25-8-6-5-7-9-25)31-29(24)23-13-10-21(2)11-14-23/h5-14,16,18,20H,4,15,17,19H2,1-3H3,(H,30,33). The molecule has 1 N–H and O–H groups in total. The number of hydrogen-bond donors (Lipinski definition) is 1. The highest BCUT2D eigenvalue weighted by Crippen LogP contribution is 2.28. The van der Waals surface area contributed by atoms with Crippen LogP contribution in [0.15, 0.2) is 79.0 Å². The molecule has 0 fully saturated rings. The maximum Gasteiger partial charge on any atom is 0.220 e. The number of aromatic nitrogens is 2. The van der Waals surface area contributed by atoms with Gasteiger partial charge in [-0.05, 0) is 55.7 Å². The van der Waals surface area contributed by atoms with Crippen molar-refractivity contribution in [1.82, 2.24) is 15.1 Å². The molecule has 180 valence electrons. The van der Waals surface area contributed by atoms with Gasteiger partial charge in [-0.3, -0.25) is 4.79 Å². The monoisotopic (exact) mass is 469 g/mol. The number of hydrogen-bond acceptors (Lipinski definition) is 4. The van der Waals surface area contributed by atoms with Gasteiger partial charge in [0.1, 0.15) is 0 Å². The molecule has 6 heteroatoms. The van der Waals surface area contributed by atoms with Crippen molar-refractivity contribution in [2.45, 2.75) is 33.2 Å². The number of methoxy groups -OCH3 is 1. The molecule has 3 aromatic carbocycles. The lowest BCUT2D eigenvalue weighted by Gasteiger charge is -2.11. The second kappa shape index (κ2) is 11.4. The molecule has 1 amide bonds. The van der Waals surface area contributed by atoms with Gasteiger partial charge in [0.25, 0.3) is 0 Å². The van der Waals surface area contributed by atoms with Crippen LogP contribution in [0.1, 0.15) is 30.0 Å². The minimum atomic E-state index is -0.0129. The molecule has 35 heavy (non-hydrogen) atoms. The molecule has 0 bridgehead atoms. The van der Waals surface area contributed by atoms with E-state index in [1.165, 1.54) is 5.56 Å². The Bertz CT molecular complexity index is 1260. The zero-order valence-corrected chi connectivity index (χ0v) is 20.5. The van der Waals surface area contributed by atoms with E-state index in [0.29, 0.717) is 37.5 Å². The van der Waals surface area contributed by atoms with Crippen molar-refractivity contribution in [3.8, 4) is 28.4 Å². The molecule has 0 saturated carbocycles. The average Bonchev–Trinajstić information content (AvgIpc) is 3.32. The number of ether oxygens (including phenoxy) is 2. The number of aryl methyl sites for hydroxylation is 2. The molecule has 4 rings (SSSR count). The minimum absolute atomic E-state index is 0.0129. The number of para-hydroxylation sites is 1. The van der Waals surface area contributed by atoms with Gasteiger partial charge in [0.15, 0.2) is 11.5 Å². The Morgan fingerprint density at radius 2 is 1.77 bits per heavy atom. The third-order valence-electron chi connectivity index (χ3n) is 5.77. The van der Waals surface area contributed by atoms with E-state index in [0.717, 1.165) is 28.1 Å². The summed E-state index contributed by atoms with van der Waals surface area (Å²) in [5, 5.41) is 7.87. The summed E-state index contributed by atoms with van der Waals surface area (Å²) >= 11 is 0. The van der Waals surface area contributed by atoms with Gasteiger partial charge in [-0.1, -0.05) is 54.1 Å². The van der Waals surface area contributed by atoms with Gasteiger partial charge in [0.05, 0.1) is 25.1 Å². The largest absolute Gasteiger partial charge is 0.493 e. The highest BCUT2D eigenvalue weighted by atomic mass is 16.5.